The summed E-state index contributed by atoms with van der Waals surface area (Å²) in [5.41, 5.74) is 9.46. The highest BCUT2D eigenvalue weighted by molar-refractivity contribution is 5.81. The van der Waals surface area contributed by atoms with Gasteiger partial charge in [0.05, 0.1) is 11.0 Å². The molecule has 1 aromatic heterocycles. The normalized spacial score (nSPS) is 16.5. The fraction of sp³-hybridized carbons (Fsp3) is 0.533. The van der Waals surface area contributed by atoms with Gasteiger partial charge in [-0.25, -0.2) is 4.98 Å². The zero-order valence-corrected chi connectivity index (χ0v) is 11.6. The van der Waals surface area contributed by atoms with Crippen LogP contribution in [-0.2, 0) is 6.54 Å². The summed E-state index contributed by atoms with van der Waals surface area (Å²) in [6.45, 7) is 6.75. The maximum atomic E-state index is 6.05. The molecule has 1 aliphatic heterocycles. The molecule has 0 atom stereocenters. The molecule has 0 radical (unpaired) electrons. The second kappa shape index (κ2) is 5.21. The van der Waals surface area contributed by atoms with Crippen LogP contribution >= 0.6 is 0 Å². The molecule has 102 valence electrons. The molecule has 2 aromatic rings. The molecule has 1 aromatic carbocycles. The van der Waals surface area contributed by atoms with Gasteiger partial charge in [-0.3, -0.25) is 0 Å². The van der Waals surface area contributed by atoms with Gasteiger partial charge in [0.1, 0.15) is 0 Å². The molecular weight excluding hydrogens is 236 g/mol. The number of benzene rings is 1. The Kier molecular flexibility index (Phi) is 3.42. The Bertz CT molecular complexity index is 567. The Morgan fingerprint density at radius 1 is 1.21 bits per heavy atom. The number of likely N-dealkylation sites (tertiary alicyclic amines) is 1. The van der Waals surface area contributed by atoms with Crippen molar-refractivity contribution in [2.45, 2.75) is 32.7 Å². The van der Waals surface area contributed by atoms with E-state index in [2.05, 4.69) is 39.6 Å². The van der Waals surface area contributed by atoms with Gasteiger partial charge in [-0.15, -0.1) is 0 Å². The lowest BCUT2D eigenvalue weighted by molar-refractivity contribution is 0.326. The van der Waals surface area contributed by atoms with Crippen LogP contribution in [0.3, 0.4) is 0 Å². The smallest absolute Gasteiger partial charge is 0.201 e. The monoisotopic (exact) mass is 258 g/mol. The second-order valence-corrected chi connectivity index (χ2v) is 5.47. The molecule has 0 saturated carbocycles. The number of anilines is 1. The van der Waals surface area contributed by atoms with Crippen LogP contribution in [0, 0.1) is 6.92 Å². The molecule has 0 unspecified atom stereocenters. The van der Waals surface area contributed by atoms with Crippen molar-refractivity contribution in [3.8, 4) is 0 Å². The molecule has 19 heavy (non-hydrogen) atoms. The van der Waals surface area contributed by atoms with Gasteiger partial charge in [-0.2, -0.15) is 0 Å². The number of aromatic nitrogens is 2. The van der Waals surface area contributed by atoms with Crippen molar-refractivity contribution in [3.05, 3.63) is 23.8 Å². The van der Waals surface area contributed by atoms with Crippen LogP contribution in [0.2, 0.25) is 0 Å². The van der Waals surface area contributed by atoms with E-state index in [1.54, 1.807) is 0 Å². The molecule has 4 heteroatoms. The van der Waals surface area contributed by atoms with Crippen molar-refractivity contribution in [1.29, 1.82) is 0 Å². The fourth-order valence-corrected chi connectivity index (χ4v) is 3.00. The molecule has 0 bridgehead atoms. The first-order valence-electron chi connectivity index (χ1n) is 7.19. The summed E-state index contributed by atoms with van der Waals surface area (Å²) in [7, 11) is 0. The lowest BCUT2D eigenvalue weighted by Gasteiger charge is -2.14. The Labute approximate surface area is 114 Å². The van der Waals surface area contributed by atoms with Crippen LogP contribution in [0.15, 0.2) is 18.2 Å². The van der Waals surface area contributed by atoms with E-state index in [1.807, 2.05) is 0 Å². The van der Waals surface area contributed by atoms with Gasteiger partial charge in [-0.05, 0) is 57.5 Å². The Morgan fingerprint density at radius 2 is 2.00 bits per heavy atom. The van der Waals surface area contributed by atoms with Crippen LogP contribution < -0.4 is 5.73 Å². The van der Waals surface area contributed by atoms with Gasteiger partial charge in [0, 0.05) is 6.54 Å². The minimum atomic E-state index is 0.644. The van der Waals surface area contributed by atoms with E-state index in [-0.39, 0.29) is 0 Å². The fourth-order valence-electron chi connectivity index (χ4n) is 3.00. The van der Waals surface area contributed by atoms with Gasteiger partial charge in [0.25, 0.3) is 0 Å². The van der Waals surface area contributed by atoms with Crippen LogP contribution in [0.25, 0.3) is 11.0 Å². The van der Waals surface area contributed by atoms with Crippen LogP contribution in [-0.4, -0.2) is 34.1 Å². The lowest BCUT2D eigenvalue weighted by atomic mass is 10.2. The van der Waals surface area contributed by atoms with Crippen molar-refractivity contribution in [3.63, 3.8) is 0 Å². The highest BCUT2D eigenvalue weighted by atomic mass is 15.2. The van der Waals surface area contributed by atoms with Crippen molar-refractivity contribution < 1.29 is 0 Å². The molecule has 0 spiro atoms. The number of hydrogen-bond donors (Lipinski definition) is 1. The van der Waals surface area contributed by atoms with Crippen molar-refractivity contribution >= 4 is 17.0 Å². The number of aryl methyl sites for hydroxylation is 2. The number of rotatable bonds is 4. The number of fused-ring (bicyclic) bond motifs is 1. The van der Waals surface area contributed by atoms with E-state index in [9.17, 15) is 0 Å². The van der Waals surface area contributed by atoms with E-state index < -0.39 is 0 Å². The molecule has 1 aliphatic rings. The molecule has 3 rings (SSSR count). The minimum absolute atomic E-state index is 0.644. The highest BCUT2D eigenvalue weighted by Crippen LogP contribution is 2.21. The number of nitrogens with two attached hydrogens (primary N) is 1. The van der Waals surface area contributed by atoms with E-state index in [0.717, 1.165) is 18.5 Å². The average Bonchev–Trinajstić information content (AvgIpc) is 3.00. The minimum Gasteiger partial charge on any atom is -0.369 e. The first-order chi connectivity index (χ1) is 9.25. The number of nitrogen functional groups attached to an aromatic ring is 1. The van der Waals surface area contributed by atoms with Gasteiger partial charge >= 0.3 is 0 Å². The summed E-state index contributed by atoms with van der Waals surface area (Å²) >= 11 is 0. The standard InChI is InChI=1S/C15H22N4/c1-12-6-4-7-13-14(12)17-15(16)19(13)11-5-10-18-8-2-3-9-18/h4,6-7H,2-3,5,8-11H2,1H3,(H2,16,17). The zero-order chi connectivity index (χ0) is 13.2. The first kappa shape index (κ1) is 12.5. The summed E-state index contributed by atoms with van der Waals surface area (Å²) in [6.07, 6.45) is 3.86. The van der Waals surface area contributed by atoms with Gasteiger partial charge in [0.15, 0.2) is 0 Å². The summed E-state index contributed by atoms with van der Waals surface area (Å²) in [5, 5.41) is 0. The SMILES string of the molecule is Cc1cccc2c1nc(N)n2CCCN1CCCC1. The van der Waals surface area contributed by atoms with Crippen molar-refractivity contribution in [2.24, 2.45) is 0 Å². The topological polar surface area (TPSA) is 47.1 Å². The molecule has 0 amide bonds. The summed E-state index contributed by atoms with van der Waals surface area (Å²) in [5.74, 6) is 0.644. The third-order valence-electron chi connectivity index (χ3n) is 4.06. The van der Waals surface area contributed by atoms with Crippen LogP contribution in [0.4, 0.5) is 5.95 Å². The molecule has 1 fully saturated rings. The Morgan fingerprint density at radius 3 is 2.79 bits per heavy atom. The zero-order valence-electron chi connectivity index (χ0n) is 11.6. The van der Waals surface area contributed by atoms with Crippen molar-refractivity contribution in [2.75, 3.05) is 25.4 Å². The van der Waals surface area contributed by atoms with E-state index >= 15 is 0 Å². The molecule has 2 heterocycles. The molecule has 0 aliphatic carbocycles. The average molecular weight is 258 g/mol. The maximum Gasteiger partial charge on any atom is 0.201 e. The number of imidazole rings is 1. The summed E-state index contributed by atoms with van der Waals surface area (Å²) in [6, 6.07) is 6.28. The van der Waals surface area contributed by atoms with Crippen molar-refractivity contribution in [1.82, 2.24) is 14.5 Å². The predicted molar refractivity (Wildman–Crippen MR) is 79.2 cm³/mol. The first-order valence-corrected chi connectivity index (χ1v) is 7.19. The van der Waals surface area contributed by atoms with E-state index in [0.29, 0.717) is 5.95 Å². The van der Waals surface area contributed by atoms with E-state index in [1.165, 1.54) is 43.6 Å². The highest BCUT2D eigenvalue weighted by Gasteiger charge is 2.12. The maximum absolute atomic E-state index is 6.05. The Hall–Kier alpha value is -1.55. The molecular formula is C15H22N4. The van der Waals surface area contributed by atoms with Gasteiger partial charge in [-0.1, -0.05) is 12.1 Å². The largest absolute Gasteiger partial charge is 0.369 e. The number of nitrogens with zero attached hydrogens (tertiary/aromatic N) is 3. The molecule has 2 N–H and O–H groups in total. The van der Waals surface area contributed by atoms with Gasteiger partial charge < -0.3 is 15.2 Å². The van der Waals surface area contributed by atoms with Crippen LogP contribution in [0.5, 0.6) is 0 Å². The molecule has 4 nitrogen and oxygen atoms in total. The third kappa shape index (κ3) is 2.45. The second-order valence-electron chi connectivity index (χ2n) is 5.47. The molecule has 1 saturated heterocycles. The summed E-state index contributed by atoms with van der Waals surface area (Å²) < 4.78 is 2.15. The number of hydrogen-bond acceptors (Lipinski definition) is 3. The quantitative estimate of drug-likeness (QED) is 0.916. The van der Waals surface area contributed by atoms with Crippen LogP contribution in [0.1, 0.15) is 24.8 Å². The lowest BCUT2D eigenvalue weighted by Crippen LogP contribution is -2.21. The summed E-state index contributed by atoms with van der Waals surface area (Å²) in [4.78, 5) is 7.03. The van der Waals surface area contributed by atoms with Gasteiger partial charge in [0.2, 0.25) is 5.95 Å². The Balaban J connectivity index is 1.73. The number of para-hydroxylation sites is 1. The predicted octanol–water partition coefficient (Wildman–Crippen LogP) is 2.41. The van der Waals surface area contributed by atoms with E-state index in [4.69, 9.17) is 5.73 Å². The third-order valence-corrected chi connectivity index (χ3v) is 4.06.